The number of nitrogens with zero attached hydrogens (tertiary/aromatic N) is 1. The van der Waals surface area contributed by atoms with Gasteiger partial charge in [-0.2, -0.15) is 0 Å². The summed E-state index contributed by atoms with van der Waals surface area (Å²) in [5.74, 6) is 1.37. The molecule has 0 radical (unpaired) electrons. The number of carboxylic acid groups (broad SMARTS) is 1. The van der Waals surface area contributed by atoms with Crippen molar-refractivity contribution in [3.63, 3.8) is 0 Å². The Morgan fingerprint density at radius 3 is 2.67 bits per heavy atom. The van der Waals surface area contributed by atoms with Crippen LogP contribution in [0.5, 0.6) is 0 Å². The van der Waals surface area contributed by atoms with Crippen molar-refractivity contribution in [1.29, 1.82) is 0 Å². The van der Waals surface area contributed by atoms with Gasteiger partial charge in [-0.1, -0.05) is 31.6 Å². The zero-order chi connectivity index (χ0) is 21.1. The van der Waals surface area contributed by atoms with Crippen molar-refractivity contribution >= 4 is 23.0 Å². The first-order chi connectivity index (χ1) is 14.3. The Bertz CT molecular complexity index is 903. The van der Waals surface area contributed by atoms with Crippen molar-refractivity contribution in [1.82, 2.24) is 10.3 Å². The van der Waals surface area contributed by atoms with Crippen molar-refractivity contribution in [2.24, 2.45) is 22.7 Å². The molecule has 1 aromatic rings. The number of amides is 1. The number of rotatable bonds is 2. The van der Waals surface area contributed by atoms with Gasteiger partial charge in [0.05, 0.1) is 5.25 Å². The maximum Gasteiger partial charge on any atom is 0.365 e. The zero-order valence-corrected chi connectivity index (χ0v) is 18.5. The summed E-state index contributed by atoms with van der Waals surface area (Å²) in [4.78, 5) is 28.5. The third kappa shape index (κ3) is 2.94. The van der Waals surface area contributed by atoms with Crippen LogP contribution >= 0.6 is 11.8 Å². The van der Waals surface area contributed by atoms with E-state index < -0.39 is 10.6 Å². The number of aromatic nitrogens is 1. The van der Waals surface area contributed by atoms with Crippen LogP contribution in [0, 0.1) is 22.7 Å². The molecule has 5 nitrogen and oxygen atoms in total. The highest BCUT2D eigenvalue weighted by Crippen LogP contribution is 2.66. The SMILES string of the molecule is C[C@]12CC(SC(=O)O)C(=O)NC1CC=C1[C@H]2CC[C@]2(C)C(c3ccccn3)CC[C@@H]12. The molecule has 7 atom stereocenters. The Morgan fingerprint density at radius 1 is 1.17 bits per heavy atom. The van der Waals surface area contributed by atoms with E-state index >= 15 is 0 Å². The highest BCUT2D eigenvalue weighted by atomic mass is 32.2. The molecule has 3 aliphatic carbocycles. The minimum absolute atomic E-state index is 0.0739. The van der Waals surface area contributed by atoms with E-state index in [1.807, 2.05) is 12.3 Å². The van der Waals surface area contributed by atoms with Crippen LogP contribution in [-0.2, 0) is 4.79 Å². The molecule has 0 aromatic carbocycles. The first-order valence-electron chi connectivity index (χ1n) is 11.1. The standard InChI is InChI=1S/C24H30N2O3S/c1-23-11-10-16-14(15(23)7-8-17(23)18-5-3-4-12-25-18)6-9-20-24(16,2)13-19(21(27)26-20)30-22(28)29/h3-6,12,15-17,19-20H,7-11,13H2,1-2H3,(H,26,27)(H,28,29)/t15-,16+,17?,19?,20?,23-,24+/m0/s1. The highest BCUT2D eigenvalue weighted by Gasteiger charge is 2.59. The first kappa shape index (κ1) is 20.1. The van der Waals surface area contributed by atoms with Gasteiger partial charge < -0.3 is 10.4 Å². The van der Waals surface area contributed by atoms with Gasteiger partial charge in [0.15, 0.2) is 0 Å². The number of piperidine rings is 1. The molecule has 1 saturated heterocycles. The summed E-state index contributed by atoms with van der Waals surface area (Å²) in [5.41, 5.74) is 2.96. The number of fused-ring (bicyclic) bond motifs is 5. The smallest absolute Gasteiger partial charge is 0.365 e. The van der Waals surface area contributed by atoms with Gasteiger partial charge in [0, 0.05) is 23.9 Å². The molecule has 6 heteroatoms. The lowest BCUT2D eigenvalue weighted by atomic mass is 9.50. The van der Waals surface area contributed by atoms with E-state index in [-0.39, 0.29) is 22.8 Å². The Morgan fingerprint density at radius 2 is 1.93 bits per heavy atom. The van der Waals surface area contributed by atoms with Crippen molar-refractivity contribution in [2.45, 2.75) is 69.6 Å². The monoisotopic (exact) mass is 426 g/mol. The van der Waals surface area contributed by atoms with Crippen LogP contribution in [0.15, 0.2) is 36.0 Å². The first-order valence-corrected chi connectivity index (χ1v) is 12.0. The summed E-state index contributed by atoms with van der Waals surface area (Å²) >= 11 is 0.770. The predicted molar refractivity (Wildman–Crippen MR) is 117 cm³/mol. The fourth-order valence-electron chi connectivity index (χ4n) is 7.31. The van der Waals surface area contributed by atoms with E-state index in [0.717, 1.165) is 31.0 Å². The zero-order valence-electron chi connectivity index (χ0n) is 17.6. The summed E-state index contributed by atoms with van der Waals surface area (Å²) < 4.78 is 0. The largest absolute Gasteiger partial charge is 0.473 e. The average Bonchev–Trinajstić information content (AvgIpc) is 3.06. The van der Waals surface area contributed by atoms with Crippen molar-refractivity contribution in [3.05, 3.63) is 41.7 Å². The van der Waals surface area contributed by atoms with E-state index in [2.05, 4.69) is 37.4 Å². The van der Waals surface area contributed by atoms with E-state index in [9.17, 15) is 14.7 Å². The number of nitrogens with one attached hydrogen (secondary N) is 1. The Hall–Kier alpha value is -1.82. The van der Waals surface area contributed by atoms with Crippen molar-refractivity contribution < 1.29 is 14.7 Å². The molecular weight excluding hydrogens is 396 g/mol. The van der Waals surface area contributed by atoms with Gasteiger partial charge in [0.1, 0.15) is 0 Å². The number of carbonyl (C=O) groups excluding carboxylic acids is 1. The van der Waals surface area contributed by atoms with Gasteiger partial charge in [-0.15, -0.1) is 0 Å². The van der Waals surface area contributed by atoms with E-state index in [1.54, 1.807) is 5.57 Å². The summed E-state index contributed by atoms with van der Waals surface area (Å²) in [6.07, 6.45) is 10.5. The van der Waals surface area contributed by atoms with Crippen LogP contribution in [-0.4, -0.2) is 32.6 Å². The Balaban J connectivity index is 1.45. The summed E-state index contributed by atoms with van der Waals surface area (Å²) in [7, 11) is 0. The maximum atomic E-state index is 12.5. The molecule has 1 amide bonds. The minimum atomic E-state index is -0.964. The normalized spacial score (nSPS) is 42.4. The van der Waals surface area contributed by atoms with Crippen molar-refractivity contribution in [2.75, 3.05) is 0 Å². The minimum Gasteiger partial charge on any atom is -0.473 e. The van der Waals surface area contributed by atoms with Gasteiger partial charge in [0.25, 0.3) is 0 Å². The molecule has 2 heterocycles. The van der Waals surface area contributed by atoms with Crippen LogP contribution in [0.3, 0.4) is 0 Å². The molecule has 2 N–H and O–H groups in total. The molecule has 4 aliphatic rings. The van der Waals surface area contributed by atoms with Gasteiger partial charge in [0.2, 0.25) is 5.91 Å². The molecule has 3 fully saturated rings. The molecule has 3 unspecified atom stereocenters. The van der Waals surface area contributed by atoms with Crippen LogP contribution in [0.4, 0.5) is 4.79 Å². The predicted octanol–water partition coefficient (Wildman–Crippen LogP) is 5.00. The second-order valence-corrected chi connectivity index (χ2v) is 11.3. The fourth-order valence-corrected chi connectivity index (χ4v) is 8.17. The Kier molecular flexibility index (Phi) is 4.77. The van der Waals surface area contributed by atoms with Crippen LogP contribution < -0.4 is 5.32 Å². The second kappa shape index (κ2) is 7.11. The maximum absolute atomic E-state index is 12.5. The van der Waals surface area contributed by atoms with E-state index in [1.165, 1.54) is 18.5 Å². The number of hydrogen-bond acceptors (Lipinski definition) is 4. The van der Waals surface area contributed by atoms with E-state index in [4.69, 9.17) is 4.98 Å². The van der Waals surface area contributed by atoms with Gasteiger partial charge >= 0.3 is 5.30 Å². The fraction of sp³-hybridized carbons (Fsp3) is 0.625. The third-order valence-electron chi connectivity index (χ3n) is 8.82. The topological polar surface area (TPSA) is 79.3 Å². The molecule has 1 aliphatic heterocycles. The lowest BCUT2D eigenvalue weighted by Crippen LogP contribution is -2.61. The number of thioether (sulfide) groups is 1. The van der Waals surface area contributed by atoms with E-state index in [0.29, 0.717) is 24.2 Å². The number of carbonyl (C=O) groups is 2. The number of allylic oxidation sites excluding steroid dienone is 1. The molecule has 0 spiro atoms. The molecular formula is C24H30N2O3S. The molecule has 160 valence electrons. The third-order valence-corrected chi connectivity index (χ3v) is 9.68. The van der Waals surface area contributed by atoms with Crippen LogP contribution in [0.2, 0.25) is 0 Å². The lowest BCUT2D eigenvalue weighted by molar-refractivity contribution is -0.127. The summed E-state index contributed by atoms with van der Waals surface area (Å²) in [6, 6.07) is 6.38. The van der Waals surface area contributed by atoms with Gasteiger partial charge in [-0.05, 0) is 85.1 Å². The summed E-state index contributed by atoms with van der Waals surface area (Å²) in [5, 5.41) is 11.0. The molecule has 5 rings (SSSR count). The average molecular weight is 427 g/mol. The highest BCUT2D eigenvalue weighted by molar-refractivity contribution is 8.14. The molecule has 30 heavy (non-hydrogen) atoms. The Labute approximate surface area is 182 Å². The number of pyridine rings is 1. The molecule has 2 saturated carbocycles. The lowest BCUT2D eigenvalue weighted by Gasteiger charge is -2.57. The van der Waals surface area contributed by atoms with Crippen LogP contribution in [0.1, 0.15) is 64.0 Å². The quantitative estimate of drug-likeness (QED) is 0.651. The van der Waals surface area contributed by atoms with Gasteiger partial charge in [-0.3, -0.25) is 9.78 Å². The summed E-state index contributed by atoms with van der Waals surface area (Å²) in [6.45, 7) is 4.75. The van der Waals surface area contributed by atoms with Crippen LogP contribution in [0.25, 0.3) is 0 Å². The molecule has 1 aromatic heterocycles. The number of hydrogen-bond donors (Lipinski definition) is 2. The second-order valence-electron chi connectivity index (χ2n) is 10.1. The molecule has 0 bridgehead atoms. The van der Waals surface area contributed by atoms with Gasteiger partial charge in [-0.25, -0.2) is 4.79 Å². The van der Waals surface area contributed by atoms with Crippen molar-refractivity contribution in [3.8, 4) is 0 Å².